The molecule has 8 heteroatoms. The van der Waals surface area contributed by atoms with Gasteiger partial charge in [-0.25, -0.2) is 4.79 Å². The number of unbranched alkanes of at least 4 members (excludes halogenated alkanes) is 1. The maximum Gasteiger partial charge on any atom is 0.329 e. The summed E-state index contributed by atoms with van der Waals surface area (Å²) in [6, 6.07) is 10.5. The number of benzene rings is 1. The van der Waals surface area contributed by atoms with Gasteiger partial charge in [0.05, 0.1) is 0 Å². The quantitative estimate of drug-likeness (QED) is 0.684. The van der Waals surface area contributed by atoms with Gasteiger partial charge in [-0.2, -0.15) is 4.98 Å². The lowest BCUT2D eigenvalue weighted by Gasteiger charge is -2.35. The van der Waals surface area contributed by atoms with E-state index in [-0.39, 0.29) is 5.56 Å². The van der Waals surface area contributed by atoms with Gasteiger partial charge in [-0.15, -0.1) is 0 Å². The Morgan fingerprint density at radius 1 is 1.07 bits per heavy atom. The second-order valence-electron chi connectivity index (χ2n) is 7.66. The van der Waals surface area contributed by atoms with Crippen molar-refractivity contribution in [3.8, 4) is 0 Å². The first-order valence-electron chi connectivity index (χ1n) is 10.3. The molecular weight excluding hydrogens is 368 g/mol. The van der Waals surface area contributed by atoms with Crippen LogP contribution < -0.4 is 16.1 Å². The molecule has 0 bridgehead atoms. The molecule has 3 heterocycles. The number of fused-ring (bicyclic) bond motifs is 1. The third-order valence-electron chi connectivity index (χ3n) is 5.63. The molecule has 0 spiro atoms. The van der Waals surface area contributed by atoms with Crippen molar-refractivity contribution in [1.82, 2.24) is 24.0 Å². The fourth-order valence-electron chi connectivity index (χ4n) is 3.94. The van der Waals surface area contributed by atoms with Gasteiger partial charge in [-0.3, -0.25) is 19.2 Å². The molecule has 29 heavy (non-hydrogen) atoms. The van der Waals surface area contributed by atoms with Gasteiger partial charge in [0.25, 0.3) is 5.56 Å². The normalized spacial score (nSPS) is 15.3. The Morgan fingerprint density at radius 3 is 2.48 bits per heavy atom. The van der Waals surface area contributed by atoms with Crippen LogP contribution in [0.15, 0.2) is 39.9 Å². The van der Waals surface area contributed by atoms with Crippen molar-refractivity contribution in [2.75, 3.05) is 31.1 Å². The number of aromatic nitrogens is 4. The summed E-state index contributed by atoms with van der Waals surface area (Å²) in [4.78, 5) is 36.4. The number of aromatic amines is 1. The number of piperazine rings is 1. The molecule has 0 atom stereocenters. The summed E-state index contributed by atoms with van der Waals surface area (Å²) in [6.45, 7) is 7.33. The molecule has 1 fully saturated rings. The number of hydrogen-bond donors (Lipinski definition) is 1. The van der Waals surface area contributed by atoms with Crippen molar-refractivity contribution in [3.05, 3.63) is 56.7 Å². The number of hydrogen-bond acceptors (Lipinski definition) is 5. The molecule has 1 saturated heterocycles. The lowest BCUT2D eigenvalue weighted by molar-refractivity contribution is 0.248. The van der Waals surface area contributed by atoms with Crippen molar-refractivity contribution in [1.29, 1.82) is 0 Å². The number of H-pyrrole nitrogens is 1. The highest BCUT2D eigenvalue weighted by Gasteiger charge is 2.24. The fraction of sp³-hybridized carbons (Fsp3) is 0.476. The van der Waals surface area contributed by atoms with Gasteiger partial charge in [0.2, 0.25) is 5.95 Å². The Morgan fingerprint density at radius 2 is 1.79 bits per heavy atom. The third-order valence-corrected chi connectivity index (χ3v) is 5.63. The van der Waals surface area contributed by atoms with Crippen LogP contribution in [0.25, 0.3) is 11.2 Å². The highest BCUT2D eigenvalue weighted by molar-refractivity contribution is 5.74. The Labute approximate surface area is 169 Å². The van der Waals surface area contributed by atoms with E-state index < -0.39 is 5.69 Å². The van der Waals surface area contributed by atoms with E-state index in [9.17, 15) is 9.59 Å². The fourth-order valence-corrected chi connectivity index (χ4v) is 3.94. The van der Waals surface area contributed by atoms with Crippen LogP contribution in [0.3, 0.4) is 0 Å². The van der Waals surface area contributed by atoms with Crippen molar-refractivity contribution >= 4 is 17.1 Å². The second-order valence-corrected chi connectivity index (χ2v) is 7.66. The molecular formula is C21H28N6O2. The number of nitrogens with one attached hydrogen (secondary N) is 1. The van der Waals surface area contributed by atoms with E-state index in [1.54, 1.807) is 7.05 Å². The maximum atomic E-state index is 12.5. The minimum absolute atomic E-state index is 0.360. The second kappa shape index (κ2) is 8.24. The van der Waals surface area contributed by atoms with E-state index in [1.165, 1.54) is 10.1 Å². The van der Waals surface area contributed by atoms with Crippen LogP contribution in [0.1, 0.15) is 25.3 Å². The summed E-state index contributed by atoms with van der Waals surface area (Å²) in [5.41, 5.74) is 1.47. The topological polar surface area (TPSA) is 79.2 Å². The third kappa shape index (κ3) is 3.85. The standard InChI is InChI=1S/C21H28N6O2/c1-3-4-10-27-17-18(24(2)21(29)23-19(17)28)22-20(27)26-13-11-25(12-14-26)15-16-8-6-5-7-9-16/h5-9H,3-4,10-15H2,1-2H3,(H,23,28,29). The molecule has 0 saturated carbocycles. The zero-order valence-corrected chi connectivity index (χ0v) is 17.1. The zero-order chi connectivity index (χ0) is 20.4. The van der Waals surface area contributed by atoms with Crippen LogP contribution >= 0.6 is 0 Å². The van der Waals surface area contributed by atoms with Gasteiger partial charge in [0.1, 0.15) is 0 Å². The van der Waals surface area contributed by atoms with E-state index in [4.69, 9.17) is 4.98 Å². The molecule has 3 aromatic rings. The van der Waals surface area contributed by atoms with E-state index in [0.717, 1.165) is 51.5 Å². The largest absolute Gasteiger partial charge is 0.340 e. The first-order chi connectivity index (χ1) is 14.1. The molecule has 4 rings (SSSR count). The van der Waals surface area contributed by atoms with Gasteiger partial charge >= 0.3 is 5.69 Å². The highest BCUT2D eigenvalue weighted by atomic mass is 16.2. The molecule has 1 N–H and O–H groups in total. The summed E-state index contributed by atoms with van der Waals surface area (Å²) in [5, 5.41) is 0. The van der Waals surface area contributed by atoms with Crippen LogP contribution in [0, 0.1) is 0 Å². The Hall–Kier alpha value is -2.87. The molecule has 2 aromatic heterocycles. The van der Waals surface area contributed by atoms with Crippen molar-refractivity contribution in [3.63, 3.8) is 0 Å². The first-order valence-corrected chi connectivity index (χ1v) is 10.3. The SMILES string of the molecule is CCCCn1c(N2CCN(Cc3ccccc3)CC2)nc2c1c(=O)[nH]c(=O)n2C. The first kappa shape index (κ1) is 19.4. The molecule has 0 radical (unpaired) electrons. The lowest BCUT2D eigenvalue weighted by Crippen LogP contribution is -2.46. The average molecular weight is 396 g/mol. The van der Waals surface area contributed by atoms with Gasteiger partial charge in [0.15, 0.2) is 11.2 Å². The summed E-state index contributed by atoms with van der Waals surface area (Å²) in [5.74, 6) is 0.791. The molecule has 154 valence electrons. The molecule has 1 aliphatic rings. The number of anilines is 1. The van der Waals surface area contributed by atoms with Gasteiger partial charge in [-0.05, 0) is 12.0 Å². The number of rotatable bonds is 6. The molecule has 0 aliphatic carbocycles. The van der Waals surface area contributed by atoms with Crippen LogP contribution in [-0.4, -0.2) is 50.2 Å². The smallest absolute Gasteiger partial charge is 0.329 e. The molecule has 0 unspecified atom stereocenters. The summed E-state index contributed by atoms with van der Waals surface area (Å²) >= 11 is 0. The average Bonchev–Trinajstić information content (AvgIpc) is 3.12. The minimum atomic E-state index is -0.429. The maximum absolute atomic E-state index is 12.5. The zero-order valence-electron chi connectivity index (χ0n) is 17.1. The van der Waals surface area contributed by atoms with Crippen LogP contribution in [0.5, 0.6) is 0 Å². The summed E-state index contributed by atoms with van der Waals surface area (Å²) in [7, 11) is 1.65. The van der Waals surface area contributed by atoms with Crippen molar-refractivity contribution in [2.24, 2.45) is 7.05 Å². The van der Waals surface area contributed by atoms with Crippen LogP contribution in [-0.2, 0) is 20.1 Å². The van der Waals surface area contributed by atoms with E-state index in [2.05, 4.69) is 46.0 Å². The van der Waals surface area contributed by atoms with E-state index in [1.807, 2.05) is 10.6 Å². The predicted octanol–water partition coefficient (Wildman–Crippen LogP) is 1.55. The summed E-state index contributed by atoms with van der Waals surface area (Å²) in [6.07, 6.45) is 1.97. The predicted molar refractivity (Wildman–Crippen MR) is 114 cm³/mol. The number of imidazole rings is 1. The highest BCUT2D eigenvalue weighted by Crippen LogP contribution is 2.22. The van der Waals surface area contributed by atoms with Crippen molar-refractivity contribution < 1.29 is 0 Å². The van der Waals surface area contributed by atoms with Crippen LogP contribution in [0.2, 0.25) is 0 Å². The van der Waals surface area contributed by atoms with Gasteiger partial charge in [-0.1, -0.05) is 43.7 Å². The lowest BCUT2D eigenvalue weighted by atomic mass is 10.2. The summed E-state index contributed by atoms with van der Waals surface area (Å²) < 4.78 is 3.41. The molecule has 1 aliphatic heterocycles. The number of aryl methyl sites for hydroxylation is 2. The van der Waals surface area contributed by atoms with Crippen molar-refractivity contribution in [2.45, 2.75) is 32.9 Å². The Balaban J connectivity index is 1.60. The Bertz CT molecular complexity index is 1090. The molecule has 1 aromatic carbocycles. The van der Waals surface area contributed by atoms with E-state index in [0.29, 0.717) is 17.7 Å². The molecule has 8 nitrogen and oxygen atoms in total. The van der Waals surface area contributed by atoms with Gasteiger partial charge in [0, 0.05) is 46.3 Å². The van der Waals surface area contributed by atoms with E-state index >= 15 is 0 Å². The van der Waals surface area contributed by atoms with Gasteiger partial charge < -0.3 is 9.47 Å². The monoisotopic (exact) mass is 396 g/mol. The number of nitrogens with zero attached hydrogens (tertiary/aromatic N) is 5. The van der Waals surface area contributed by atoms with Crippen LogP contribution in [0.4, 0.5) is 5.95 Å². The minimum Gasteiger partial charge on any atom is -0.340 e. The Kier molecular flexibility index (Phi) is 5.53. The molecule has 0 amide bonds.